The van der Waals surface area contributed by atoms with Crippen molar-refractivity contribution in [3.63, 3.8) is 0 Å². The van der Waals surface area contributed by atoms with E-state index in [0.29, 0.717) is 4.90 Å². The Morgan fingerprint density at radius 1 is 0.549 bits per heavy atom. The minimum atomic E-state index is -3.08. The van der Waals surface area contributed by atoms with E-state index in [-0.39, 0.29) is 40.5 Å². The van der Waals surface area contributed by atoms with Crippen LogP contribution < -0.4 is 5.32 Å². The van der Waals surface area contributed by atoms with Gasteiger partial charge in [0, 0.05) is 29.0 Å². The summed E-state index contributed by atoms with van der Waals surface area (Å²) in [5.74, 6) is 1.64. The second-order valence-corrected chi connectivity index (χ2v) is 16.2. The zero-order chi connectivity index (χ0) is 39.0. The van der Waals surface area contributed by atoms with Crippen LogP contribution in [0.15, 0.2) is 126 Å². The van der Waals surface area contributed by atoms with Crippen molar-refractivity contribution in [3.05, 3.63) is 132 Å². The van der Waals surface area contributed by atoms with Crippen molar-refractivity contribution in [1.82, 2.24) is 0 Å². The Morgan fingerprint density at radius 2 is 0.941 bits per heavy atom. The third-order valence-electron chi connectivity index (χ3n) is 7.14. The zero-order valence-electron chi connectivity index (χ0n) is 32.6. The molecule has 278 valence electrons. The molecule has 1 amide bonds. The molecule has 4 aromatic rings. The van der Waals surface area contributed by atoms with E-state index in [1.54, 1.807) is 51.1 Å². The summed E-state index contributed by atoms with van der Waals surface area (Å²) in [5.41, 5.74) is 3.11. The Hall–Kier alpha value is -4.36. The summed E-state index contributed by atoms with van der Waals surface area (Å²) in [4.78, 5) is 33.1. The monoisotopic (exact) mass is 715 g/mol. The summed E-state index contributed by atoms with van der Waals surface area (Å²) in [7, 11) is -3.08. The van der Waals surface area contributed by atoms with Crippen LogP contribution in [0.1, 0.15) is 92.1 Å². The number of carbonyl (C=O) groups excluding carboxylic acids is 3. The minimum absolute atomic E-state index is 0.0326. The normalized spacial score (nSPS) is 10.4. The molecule has 4 rings (SSSR count). The lowest BCUT2D eigenvalue weighted by Crippen LogP contribution is -2.17. The van der Waals surface area contributed by atoms with Gasteiger partial charge >= 0.3 is 0 Å². The van der Waals surface area contributed by atoms with Crippen molar-refractivity contribution in [2.45, 2.75) is 92.7 Å². The second kappa shape index (κ2) is 25.6. The highest BCUT2D eigenvalue weighted by atomic mass is 32.2. The second-order valence-electron chi connectivity index (χ2n) is 13.7. The molecule has 4 aromatic carbocycles. The van der Waals surface area contributed by atoms with Crippen LogP contribution in [0.2, 0.25) is 0 Å². The average molecular weight is 716 g/mol. The third-order valence-corrected chi connectivity index (χ3v) is 9.31. The molecule has 0 heterocycles. The van der Waals surface area contributed by atoms with E-state index in [2.05, 4.69) is 49.5 Å². The Kier molecular flexibility index (Phi) is 23.4. The summed E-state index contributed by atoms with van der Waals surface area (Å²) < 4.78 is 23.1. The fourth-order valence-corrected chi connectivity index (χ4v) is 4.79. The molecule has 0 saturated carbocycles. The van der Waals surface area contributed by atoms with E-state index in [4.69, 9.17) is 0 Å². The van der Waals surface area contributed by atoms with Gasteiger partial charge in [-0.15, -0.1) is 0 Å². The maximum absolute atomic E-state index is 11.5. The standard InChI is InChI=1S/C10H13NO.C10H12O.C10H14.C9H12O2S.C5H10O/c1-8(2)10(12)11-9-6-4-3-5-7-9;1-8(2)10(11)9-6-4-3-5-7-9;1-9(2)8-10-6-4-3-5-7-10;1-8(2)12(10,11)9-6-4-3-5-7-9;1-4(2)5(3)6/h3-8H,1-2H3,(H,11,12);3-8H,1-2H3;3-7,9H,8H2,1-2H3;3-8H,1-2H3;4H,1-3H3. The molecule has 7 heteroatoms. The van der Waals surface area contributed by atoms with Crippen molar-refractivity contribution in [2.75, 3.05) is 5.32 Å². The first-order valence-electron chi connectivity index (χ1n) is 17.7. The molecule has 0 fully saturated rings. The Balaban J connectivity index is 0.000000623. The molecule has 0 aromatic heterocycles. The van der Waals surface area contributed by atoms with Gasteiger partial charge in [-0.05, 0) is 62.9 Å². The molecule has 0 aliphatic carbocycles. The van der Waals surface area contributed by atoms with Gasteiger partial charge in [0.2, 0.25) is 5.91 Å². The minimum Gasteiger partial charge on any atom is -0.326 e. The van der Waals surface area contributed by atoms with Crippen LogP contribution in [0, 0.1) is 23.7 Å². The number of rotatable bonds is 9. The number of benzene rings is 4. The molecule has 0 aliphatic rings. The SMILES string of the molecule is CC(=O)C(C)C.CC(C)C(=O)Nc1ccccc1.CC(C)C(=O)c1ccccc1.CC(C)Cc1ccccc1.CC(C)S(=O)(=O)c1ccccc1. The number of Topliss-reactive ketones (excluding diaryl/α,β-unsaturated/α-hetero) is 2. The van der Waals surface area contributed by atoms with E-state index < -0.39 is 9.84 Å². The first-order chi connectivity index (χ1) is 23.9. The van der Waals surface area contributed by atoms with Gasteiger partial charge in [0.25, 0.3) is 0 Å². The molecular formula is C44H61NO5S. The molecule has 51 heavy (non-hydrogen) atoms. The van der Waals surface area contributed by atoms with Crippen LogP contribution in [0.3, 0.4) is 0 Å². The highest BCUT2D eigenvalue weighted by molar-refractivity contribution is 7.92. The predicted molar refractivity (Wildman–Crippen MR) is 215 cm³/mol. The number of hydrogen-bond acceptors (Lipinski definition) is 5. The van der Waals surface area contributed by atoms with Gasteiger partial charge in [-0.3, -0.25) is 14.4 Å². The van der Waals surface area contributed by atoms with Crippen molar-refractivity contribution >= 4 is 33.0 Å². The molecular weight excluding hydrogens is 655 g/mol. The molecule has 0 saturated heterocycles. The number of amides is 1. The van der Waals surface area contributed by atoms with Gasteiger partial charge in [-0.25, -0.2) is 8.42 Å². The molecule has 0 unspecified atom stereocenters. The topological polar surface area (TPSA) is 97.4 Å². The van der Waals surface area contributed by atoms with Crippen LogP contribution >= 0.6 is 0 Å². The van der Waals surface area contributed by atoms with Crippen LogP contribution in [0.5, 0.6) is 0 Å². The van der Waals surface area contributed by atoms with Gasteiger partial charge in [-0.2, -0.15) is 0 Å². The highest BCUT2D eigenvalue weighted by Crippen LogP contribution is 2.14. The van der Waals surface area contributed by atoms with Crippen LogP contribution in [0.25, 0.3) is 0 Å². The fourth-order valence-electron chi connectivity index (χ4n) is 3.71. The first kappa shape index (κ1) is 46.6. The molecule has 0 aliphatic heterocycles. The number of ketones is 2. The third kappa shape index (κ3) is 21.5. The number of hydrogen-bond donors (Lipinski definition) is 1. The number of sulfone groups is 1. The summed E-state index contributed by atoms with van der Waals surface area (Å²) >= 11 is 0. The average Bonchev–Trinajstić information content (AvgIpc) is 3.10. The lowest BCUT2D eigenvalue weighted by Gasteiger charge is -2.06. The molecule has 0 spiro atoms. The van der Waals surface area contributed by atoms with Gasteiger partial charge in [0.1, 0.15) is 5.78 Å². The molecule has 6 nitrogen and oxygen atoms in total. The quantitative estimate of drug-likeness (QED) is 0.174. The smallest absolute Gasteiger partial charge is 0.226 e. The van der Waals surface area contributed by atoms with E-state index in [1.807, 2.05) is 102 Å². The van der Waals surface area contributed by atoms with E-state index in [1.165, 1.54) is 12.0 Å². The summed E-state index contributed by atoms with van der Waals surface area (Å²) in [6.45, 7) is 20.8. The Bertz CT molecular complexity index is 1620. The zero-order valence-corrected chi connectivity index (χ0v) is 33.4. The molecule has 0 radical (unpaired) electrons. The van der Waals surface area contributed by atoms with Gasteiger partial charge in [0.05, 0.1) is 10.1 Å². The highest BCUT2D eigenvalue weighted by Gasteiger charge is 2.17. The van der Waals surface area contributed by atoms with Crippen molar-refractivity contribution in [2.24, 2.45) is 23.7 Å². The predicted octanol–water partition coefficient (Wildman–Crippen LogP) is 10.8. The van der Waals surface area contributed by atoms with Gasteiger partial charge < -0.3 is 5.32 Å². The number of para-hydroxylation sites is 1. The molecule has 0 bridgehead atoms. The first-order valence-corrected chi connectivity index (χ1v) is 19.2. The van der Waals surface area contributed by atoms with E-state index >= 15 is 0 Å². The maximum atomic E-state index is 11.5. The van der Waals surface area contributed by atoms with Crippen molar-refractivity contribution in [1.29, 1.82) is 0 Å². The Labute approximate surface area is 309 Å². The number of anilines is 1. The summed E-state index contributed by atoms with van der Waals surface area (Å²) in [5, 5.41) is 2.46. The molecule has 0 atom stereocenters. The number of carbonyl (C=O) groups is 3. The fraction of sp³-hybridized carbons (Fsp3) is 0.386. The van der Waals surface area contributed by atoms with Crippen molar-refractivity contribution in [3.8, 4) is 0 Å². The van der Waals surface area contributed by atoms with Crippen LogP contribution in [0.4, 0.5) is 5.69 Å². The number of nitrogens with one attached hydrogen (secondary N) is 1. The van der Waals surface area contributed by atoms with Gasteiger partial charge in [-0.1, -0.05) is 152 Å². The largest absolute Gasteiger partial charge is 0.326 e. The van der Waals surface area contributed by atoms with Crippen LogP contribution in [-0.4, -0.2) is 31.1 Å². The van der Waals surface area contributed by atoms with E-state index in [9.17, 15) is 22.8 Å². The lowest BCUT2D eigenvalue weighted by molar-refractivity contribution is -0.120. The van der Waals surface area contributed by atoms with Crippen molar-refractivity contribution < 1.29 is 22.8 Å². The van der Waals surface area contributed by atoms with Crippen LogP contribution in [-0.2, 0) is 25.8 Å². The summed E-state index contributed by atoms with van der Waals surface area (Å²) in [6.07, 6.45) is 1.20. The van der Waals surface area contributed by atoms with Gasteiger partial charge in [0.15, 0.2) is 15.6 Å². The maximum Gasteiger partial charge on any atom is 0.226 e. The Morgan fingerprint density at radius 3 is 1.29 bits per heavy atom. The molecule has 1 N–H and O–H groups in total. The lowest BCUT2D eigenvalue weighted by atomic mass is 10.0. The summed E-state index contributed by atoms with van der Waals surface area (Å²) in [6, 6.07) is 38.0. The van der Waals surface area contributed by atoms with E-state index in [0.717, 1.165) is 17.2 Å².